The average Bonchev–Trinajstić information content (AvgIpc) is 3.23. The summed E-state index contributed by atoms with van der Waals surface area (Å²) in [5, 5.41) is 21.3. The number of aliphatic hydroxyl groups is 1. The third-order valence-electron chi connectivity index (χ3n) is 4.75. The maximum atomic E-state index is 10.8. The molecule has 0 spiro atoms. The van der Waals surface area contributed by atoms with Crippen LogP contribution in [-0.4, -0.2) is 38.9 Å². The van der Waals surface area contributed by atoms with Crippen molar-refractivity contribution in [3.8, 4) is 5.88 Å². The van der Waals surface area contributed by atoms with E-state index in [0.717, 1.165) is 16.7 Å². The van der Waals surface area contributed by atoms with Gasteiger partial charge in [-0.25, -0.2) is 9.98 Å². The number of hydrogen-bond acceptors (Lipinski definition) is 5. The van der Waals surface area contributed by atoms with Gasteiger partial charge in [0.05, 0.1) is 19.3 Å². The summed E-state index contributed by atoms with van der Waals surface area (Å²) in [6, 6.07) is 13.8. The molecule has 0 aliphatic heterocycles. The maximum absolute atomic E-state index is 10.8. The van der Waals surface area contributed by atoms with Crippen LogP contribution in [0.4, 0.5) is 0 Å². The number of pyridine rings is 1. The third kappa shape index (κ3) is 6.55. The number of rotatable bonds is 9. The van der Waals surface area contributed by atoms with E-state index in [-0.39, 0.29) is 6.54 Å². The summed E-state index contributed by atoms with van der Waals surface area (Å²) in [7, 11) is 1.82. The van der Waals surface area contributed by atoms with E-state index in [9.17, 15) is 5.11 Å². The van der Waals surface area contributed by atoms with Crippen molar-refractivity contribution in [1.29, 1.82) is 0 Å². The Bertz CT molecular complexity index is 984. The number of ether oxygens (including phenoxy) is 1. The fraction of sp³-hybridized carbons (Fsp3) is 0.348. The van der Waals surface area contributed by atoms with Gasteiger partial charge in [-0.3, -0.25) is 4.68 Å². The van der Waals surface area contributed by atoms with Gasteiger partial charge in [0.15, 0.2) is 5.96 Å². The molecule has 3 N–H and O–H groups in total. The molecule has 3 aromatic rings. The molecule has 31 heavy (non-hydrogen) atoms. The molecule has 0 aliphatic rings. The molecule has 1 atom stereocenters. The first-order chi connectivity index (χ1) is 15.0. The van der Waals surface area contributed by atoms with Crippen LogP contribution < -0.4 is 15.4 Å². The first kappa shape index (κ1) is 22.3. The zero-order chi connectivity index (χ0) is 22.1. The Hall–Kier alpha value is -3.39. The Morgan fingerprint density at radius 2 is 2.00 bits per heavy atom. The minimum atomic E-state index is -1.08. The van der Waals surface area contributed by atoms with Crippen molar-refractivity contribution >= 4 is 5.96 Å². The van der Waals surface area contributed by atoms with E-state index in [1.165, 1.54) is 0 Å². The highest BCUT2D eigenvalue weighted by molar-refractivity contribution is 5.79. The summed E-state index contributed by atoms with van der Waals surface area (Å²) in [6.07, 6.45) is 5.18. The average molecular weight is 423 g/mol. The van der Waals surface area contributed by atoms with Gasteiger partial charge < -0.3 is 20.5 Å². The summed E-state index contributed by atoms with van der Waals surface area (Å²) < 4.78 is 7.59. The molecular formula is C23H30N6O2. The van der Waals surface area contributed by atoms with Crippen LogP contribution in [0.5, 0.6) is 5.88 Å². The van der Waals surface area contributed by atoms with Crippen molar-refractivity contribution in [2.24, 2.45) is 12.0 Å². The number of benzene rings is 1. The van der Waals surface area contributed by atoms with Gasteiger partial charge in [-0.1, -0.05) is 36.4 Å². The zero-order valence-corrected chi connectivity index (χ0v) is 18.2. The smallest absolute Gasteiger partial charge is 0.218 e. The fourth-order valence-electron chi connectivity index (χ4n) is 2.96. The summed E-state index contributed by atoms with van der Waals surface area (Å²) >= 11 is 0. The molecule has 0 saturated carbocycles. The zero-order valence-electron chi connectivity index (χ0n) is 18.2. The molecule has 164 valence electrons. The highest BCUT2D eigenvalue weighted by atomic mass is 16.5. The molecule has 0 radical (unpaired) electrons. The normalized spacial score (nSPS) is 13.5. The molecular weight excluding hydrogens is 392 g/mol. The summed E-state index contributed by atoms with van der Waals surface area (Å²) in [4.78, 5) is 9.01. The van der Waals surface area contributed by atoms with Gasteiger partial charge in [0.2, 0.25) is 5.88 Å². The van der Waals surface area contributed by atoms with Crippen LogP contribution >= 0.6 is 0 Å². The Balaban J connectivity index is 1.65. The van der Waals surface area contributed by atoms with Gasteiger partial charge in [0.1, 0.15) is 12.2 Å². The predicted octanol–water partition coefficient (Wildman–Crippen LogP) is 2.36. The largest absolute Gasteiger partial charge is 0.473 e. The van der Waals surface area contributed by atoms with Crippen molar-refractivity contribution < 1.29 is 9.84 Å². The molecule has 2 heterocycles. The van der Waals surface area contributed by atoms with Crippen LogP contribution in [0.15, 0.2) is 66.0 Å². The molecule has 8 nitrogen and oxygen atoms in total. The van der Waals surface area contributed by atoms with Gasteiger partial charge in [0.25, 0.3) is 0 Å². The van der Waals surface area contributed by atoms with E-state index in [1.807, 2.05) is 56.4 Å². The number of aromatic nitrogens is 3. The number of nitrogens with zero attached hydrogens (tertiary/aromatic N) is 4. The van der Waals surface area contributed by atoms with Crippen LogP contribution in [0.1, 0.15) is 30.5 Å². The van der Waals surface area contributed by atoms with Crippen LogP contribution in [0.3, 0.4) is 0 Å². The van der Waals surface area contributed by atoms with Gasteiger partial charge in [-0.2, -0.15) is 5.10 Å². The van der Waals surface area contributed by atoms with E-state index in [1.54, 1.807) is 30.2 Å². The van der Waals surface area contributed by atoms with Crippen molar-refractivity contribution in [2.75, 3.05) is 13.1 Å². The monoisotopic (exact) mass is 422 g/mol. The molecule has 8 heteroatoms. The maximum Gasteiger partial charge on any atom is 0.218 e. The molecule has 1 aromatic carbocycles. The number of aryl methyl sites for hydroxylation is 1. The van der Waals surface area contributed by atoms with E-state index < -0.39 is 5.60 Å². The second-order valence-corrected chi connectivity index (χ2v) is 7.47. The lowest BCUT2D eigenvalue weighted by Gasteiger charge is -2.23. The molecule has 3 rings (SSSR count). The Morgan fingerprint density at radius 3 is 2.71 bits per heavy atom. The SMILES string of the molecule is CCNC(=NCc1cccnc1OCc1ccccc1)NCC(C)(O)c1cnn(C)c1. The molecule has 0 amide bonds. The fourth-order valence-corrected chi connectivity index (χ4v) is 2.96. The van der Waals surface area contributed by atoms with Crippen LogP contribution in [0, 0.1) is 0 Å². The Labute approximate surface area is 183 Å². The number of aliphatic imine (C=N–C) groups is 1. The Morgan fingerprint density at radius 1 is 1.19 bits per heavy atom. The van der Waals surface area contributed by atoms with E-state index in [2.05, 4.69) is 25.7 Å². The summed E-state index contributed by atoms with van der Waals surface area (Å²) in [5.74, 6) is 1.16. The molecule has 0 saturated heterocycles. The van der Waals surface area contributed by atoms with Gasteiger partial charge in [-0.05, 0) is 25.5 Å². The van der Waals surface area contributed by atoms with Crippen LogP contribution in [0.25, 0.3) is 0 Å². The van der Waals surface area contributed by atoms with E-state index in [4.69, 9.17) is 4.74 Å². The highest BCUT2D eigenvalue weighted by Gasteiger charge is 2.25. The molecule has 2 aromatic heterocycles. The number of nitrogens with one attached hydrogen (secondary N) is 2. The lowest BCUT2D eigenvalue weighted by Crippen LogP contribution is -2.44. The number of hydrogen-bond donors (Lipinski definition) is 3. The lowest BCUT2D eigenvalue weighted by molar-refractivity contribution is 0.0616. The summed E-state index contributed by atoms with van der Waals surface area (Å²) in [6.45, 7) is 5.57. The second kappa shape index (κ2) is 10.6. The van der Waals surface area contributed by atoms with Crippen molar-refractivity contribution in [3.05, 3.63) is 77.7 Å². The first-order valence-electron chi connectivity index (χ1n) is 10.3. The molecule has 1 unspecified atom stereocenters. The quantitative estimate of drug-likeness (QED) is 0.362. The first-order valence-corrected chi connectivity index (χ1v) is 10.3. The second-order valence-electron chi connectivity index (χ2n) is 7.47. The van der Waals surface area contributed by atoms with E-state index in [0.29, 0.717) is 31.5 Å². The van der Waals surface area contributed by atoms with Gasteiger partial charge in [0, 0.05) is 37.1 Å². The summed E-state index contributed by atoms with van der Waals surface area (Å²) in [5.41, 5.74) is 1.62. The van der Waals surface area contributed by atoms with Gasteiger partial charge >= 0.3 is 0 Å². The topological polar surface area (TPSA) is 96.6 Å². The third-order valence-corrected chi connectivity index (χ3v) is 4.75. The van der Waals surface area contributed by atoms with Gasteiger partial charge in [-0.15, -0.1) is 0 Å². The van der Waals surface area contributed by atoms with Crippen molar-refractivity contribution in [3.63, 3.8) is 0 Å². The minimum Gasteiger partial charge on any atom is -0.473 e. The predicted molar refractivity (Wildman–Crippen MR) is 121 cm³/mol. The Kier molecular flexibility index (Phi) is 7.61. The molecule has 0 fully saturated rings. The number of guanidine groups is 1. The molecule has 0 aliphatic carbocycles. The lowest BCUT2D eigenvalue weighted by atomic mass is 10.00. The standard InChI is InChI=1S/C23H30N6O2/c1-4-24-22(27-17-23(2,30)20-14-28-29(3)15-20)26-13-19-11-8-12-25-21(19)31-16-18-9-6-5-7-10-18/h5-12,14-15,30H,4,13,16-17H2,1-3H3,(H2,24,26,27). The minimum absolute atomic E-state index is 0.287. The van der Waals surface area contributed by atoms with Crippen LogP contribution in [0.2, 0.25) is 0 Å². The van der Waals surface area contributed by atoms with Crippen molar-refractivity contribution in [2.45, 2.75) is 32.6 Å². The highest BCUT2D eigenvalue weighted by Crippen LogP contribution is 2.19. The molecule has 0 bridgehead atoms. The van der Waals surface area contributed by atoms with Crippen molar-refractivity contribution in [1.82, 2.24) is 25.4 Å². The van der Waals surface area contributed by atoms with Crippen LogP contribution in [-0.2, 0) is 25.8 Å². The van der Waals surface area contributed by atoms with E-state index >= 15 is 0 Å².